The highest BCUT2D eigenvalue weighted by atomic mass is 16.5. The minimum Gasteiger partial charge on any atom is -0.393 e. The van der Waals surface area contributed by atoms with Crippen LogP contribution < -0.4 is 0 Å². The first kappa shape index (κ1) is 11.4. The van der Waals surface area contributed by atoms with Crippen molar-refractivity contribution in [2.24, 2.45) is 11.8 Å². The quantitative estimate of drug-likeness (QED) is 0.746. The molecule has 88 valence electrons. The number of piperidine rings is 1. The molecule has 2 unspecified atom stereocenters. The molecule has 3 heteroatoms. The van der Waals surface area contributed by atoms with E-state index in [4.69, 9.17) is 4.74 Å². The van der Waals surface area contributed by atoms with Crippen LogP contribution >= 0.6 is 0 Å². The lowest BCUT2D eigenvalue weighted by atomic mass is 9.95. The molecule has 2 atom stereocenters. The molecule has 0 aromatic rings. The van der Waals surface area contributed by atoms with E-state index in [9.17, 15) is 5.11 Å². The highest BCUT2D eigenvalue weighted by Crippen LogP contribution is 2.20. The minimum atomic E-state index is -0.141. The number of rotatable bonds is 2. The number of aliphatic hydroxyl groups excluding tert-OH is 1. The lowest BCUT2D eigenvalue weighted by molar-refractivity contribution is -0.0489. The van der Waals surface area contributed by atoms with Crippen molar-refractivity contribution in [2.45, 2.75) is 32.3 Å². The number of nitrogens with zero attached hydrogens (tertiary/aromatic N) is 1. The molecular weight excluding hydrogens is 190 g/mol. The molecule has 2 saturated heterocycles. The van der Waals surface area contributed by atoms with Gasteiger partial charge in [0.2, 0.25) is 0 Å². The van der Waals surface area contributed by atoms with Crippen molar-refractivity contribution in [3.63, 3.8) is 0 Å². The van der Waals surface area contributed by atoms with Crippen LogP contribution in [0.3, 0.4) is 0 Å². The predicted octanol–water partition coefficient (Wildman–Crippen LogP) is 1.12. The smallest absolute Gasteiger partial charge is 0.0624 e. The van der Waals surface area contributed by atoms with E-state index in [0.717, 1.165) is 32.1 Å². The maximum Gasteiger partial charge on any atom is 0.0624 e. The third-order valence-corrected chi connectivity index (χ3v) is 3.80. The first-order valence-corrected chi connectivity index (χ1v) is 6.24. The Morgan fingerprint density at radius 2 is 2.00 bits per heavy atom. The molecule has 0 aliphatic carbocycles. The minimum absolute atomic E-state index is 0.141. The zero-order chi connectivity index (χ0) is 10.7. The first-order chi connectivity index (χ1) is 7.25. The Labute approximate surface area is 92.4 Å². The molecule has 15 heavy (non-hydrogen) atoms. The average molecular weight is 213 g/mol. The van der Waals surface area contributed by atoms with Crippen LogP contribution in [0.4, 0.5) is 0 Å². The number of hydrogen-bond donors (Lipinski definition) is 1. The predicted molar refractivity (Wildman–Crippen MR) is 59.8 cm³/mol. The lowest BCUT2D eigenvalue weighted by Crippen LogP contribution is -2.43. The van der Waals surface area contributed by atoms with Crippen LogP contribution in [-0.2, 0) is 4.74 Å². The summed E-state index contributed by atoms with van der Waals surface area (Å²) in [6, 6.07) is 0. The van der Waals surface area contributed by atoms with Crippen LogP contribution in [0.1, 0.15) is 26.2 Å². The van der Waals surface area contributed by atoms with Gasteiger partial charge in [0.15, 0.2) is 0 Å². The fourth-order valence-corrected chi connectivity index (χ4v) is 2.54. The van der Waals surface area contributed by atoms with Gasteiger partial charge in [-0.3, -0.25) is 0 Å². The van der Waals surface area contributed by atoms with E-state index in [1.165, 1.54) is 25.9 Å². The van der Waals surface area contributed by atoms with Crippen molar-refractivity contribution in [3.05, 3.63) is 0 Å². The molecule has 0 aromatic heterocycles. The number of ether oxygens (including phenoxy) is 1. The molecule has 2 aliphatic heterocycles. The lowest BCUT2D eigenvalue weighted by Gasteiger charge is -2.36. The second-order valence-electron chi connectivity index (χ2n) is 5.17. The average Bonchev–Trinajstić information content (AvgIpc) is 2.25. The number of likely N-dealkylation sites (tertiary alicyclic amines) is 1. The summed E-state index contributed by atoms with van der Waals surface area (Å²) in [7, 11) is 0. The molecule has 3 nitrogen and oxygen atoms in total. The van der Waals surface area contributed by atoms with Crippen LogP contribution in [0.2, 0.25) is 0 Å². The van der Waals surface area contributed by atoms with Crippen LogP contribution in [0, 0.1) is 11.8 Å². The van der Waals surface area contributed by atoms with E-state index in [1.54, 1.807) is 0 Å². The standard InChI is InChI=1S/C12H23NO2/c1-10-2-5-13(6-3-10)8-11-9-15-7-4-12(11)14/h10-12,14H,2-9H2,1H3. The van der Waals surface area contributed by atoms with Gasteiger partial charge in [-0.05, 0) is 38.3 Å². The molecular formula is C12H23NO2. The van der Waals surface area contributed by atoms with Crippen molar-refractivity contribution in [3.8, 4) is 0 Å². The van der Waals surface area contributed by atoms with Crippen LogP contribution in [0.25, 0.3) is 0 Å². The molecule has 0 radical (unpaired) electrons. The highest BCUT2D eigenvalue weighted by molar-refractivity contribution is 4.78. The highest BCUT2D eigenvalue weighted by Gasteiger charge is 2.27. The molecule has 0 bridgehead atoms. The summed E-state index contributed by atoms with van der Waals surface area (Å²) in [6.45, 7) is 7.22. The summed E-state index contributed by atoms with van der Waals surface area (Å²) in [4.78, 5) is 2.49. The summed E-state index contributed by atoms with van der Waals surface area (Å²) >= 11 is 0. The van der Waals surface area contributed by atoms with Crippen molar-refractivity contribution >= 4 is 0 Å². The van der Waals surface area contributed by atoms with Crippen molar-refractivity contribution in [2.75, 3.05) is 32.8 Å². The molecule has 1 N–H and O–H groups in total. The molecule has 0 aromatic carbocycles. The van der Waals surface area contributed by atoms with Gasteiger partial charge >= 0.3 is 0 Å². The van der Waals surface area contributed by atoms with Gasteiger partial charge in [0.25, 0.3) is 0 Å². The monoisotopic (exact) mass is 213 g/mol. The number of aliphatic hydroxyl groups is 1. The van der Waals surface area contributed by atoms with Crippen LogP contribution in [0.15, 0.2) is 0 Å². The molecule has 2 heterocycles. The Morgan fingerprint density at radius 1 is 1.27 bits per heavy atom. The molecule has 2 fully saturated rings. The zero-order valence-electron chi connectivity index (χ0n) is 9.69. The van der Waals surface area contributed by atoms with Crippen molar-refractivity contribution < 1.29 is 9.84 Å². The Kier molecular flexibility index (Phi) is 4.00. The molecule has 2 aliphatic rings. The summed E-state index contributed by atoms with van der Waals surface area (Å²) in [5, 5.41) is 9.84. The molecule has 2 rings (SSSR count). The van der Waals surface area contributed by atoms with E-state index in [0.29, 0.717) is 5.92 Å². The van der Waals surface area contributed by atoms with Gasteiger partial charge in [0.1, 0.15) is 0 Å². The van der Waals surface area contributed by atoms with Gasteiger partial charge in [-0.25, -0.2) is 0 Å². The summed E-state index contributed by atoms with van der Waals surface area (Å²) < 4.78 is 5.43. The molecule has 0 amide bonds. The van der Waals surface area contributed by atoms with Gasteiger partial charge in [-0.2, -0.15) is 0 Å². The van der Waals surface area contributed by atoms with Gasteiger partial charge in [0, 0.05) is 19.1 Å². The Hall–Kier alpha value is -0.120. The largest absolute Gasteiger partial charge is 0.393 e. The van der Waals surface area contributed by atoms with E-state index in [2.05, 4.69) is 11.8 Å². The Balaban J connectivity index is 1.75. The van der Waals surface area contributed by atoms with Gasteiger partial charge in [-0.15, -0.1) is 0 Å². The fraction of sp³-hybridized carbons (Fsp3) is 1.00. The first-order valence-electron chi connectivity index (χ1n) is 6.24. The summed E-state index contributed by atoms with van der Waals surface area (Å²) in [6.07, 6.45) is 3.29. The van der Waals surface area contributed by atoms with E-state index in [1.807, 2.05) is 0 Å². The SMILES string of the molecule is CC1CCN(CC2COCCC2O)CC1. The summed E-state index contributed by atoms with van der Waals surface area (Å²) in [5.41, 5.74) is 0. The van der Waals surface area contributed by atoms with E-state index >= 15 is 0 Å². The van der Waals surface area contributed by atoms with Crippen molar-refractivity contribution in [1.82, 2.24) is 4.90 Å². The van der Waals surface area contributed by atoms with Crippen LogP contribution in [0.5, 0.6) is 0 Å². The third-order valence-electron chi connectivity index (χ3n) is 3.80. The van der Waals surface area contributed by atoms with Gasteiger partial charge in [0.05, 0.1) is 12.7 Å². The zero-order valence-corrected chi connectivity index (χ0v) is 9.69. The van der Waals surface area contributed by atoms with Gasteiger partial charge in [-0.1, -0.05) is 6.92 Å². The summed E-state index contributed by atoms with van der Waals surface area (Å²) in [5.74, 6) is 1.22. The second-order valence-corrected chi connectivity index (χ2v) is 5.17. The second kappa shape index (κ2) is 5.28. The maximum atomic E-state index is 9.84. The van der Waals surface area contributed by atoms with Crippen LogP contribution in [-0.4, -0.2) is 49.0 Å². The normalized spacial score (nSPS) is 35.6. The molecule has 0 saturated carbocycles. The Morgan fingerprint density at radius 3 is 2.67 bits per heavy atom. The third kappa shape index (κ3) is 3.16. The van der Waals surface area contributed by atoms with Crippen molar-refractivity contribution in [1.29, 1.82) is 0 Å². The van der Waals surface area contributed by atoms with Gasteiger partial charge < -0.3 is 14.7 Å². The molecule has 0 spiro atoms. The topological polar surface area (TPSA) is 32.7 Å². The number of hydrogen-bond acceptors (Lipinski definition) is 3. The van der Waals surface area contributed by atoms with E-state index in [-0.39, 0.29) is 6.10 Å². The Bertz CT molecular complexity index is 190. The fourth-order valence-electron chi connectivity index (χ4n) is 2.54. The van der Waals surface area contributed by atoms with E-state index < -0.39 is 0 Å². The maximum absolute atomic E-state index is 9.84.